The fraction of sp³-hybridized carbons (Fsp3) is 0. The molecule has 37 heavy (non-hydrogen) atoms. The van der Waals surface area contributed by atoms with Crippen molar-refractivity contribution in [2.24, 2.45) is 0 Å². The number of carbonyl (C=O) groups is 1. The van der Waals surface area contributed by atoms with Crippen LogP contribution in [0.15, 0.2) is 108 Å². The molecule has 2 N–H and O–H groups in total. The molecular formula is C29H19FN4O3. The van der Waals surface area contributed by atoms with Crippen molar-refractivity contribution in [1.82, 2.24) is 14.5 Å². The van der Waals surface area contributed by atoms with Crippen molar-refractivity contribution in [3.63, 3.8) is 0 Å². The standard InChI is InChI=1S/C29H19FN4O3/c30-23-16-18(10-11-26(23)37-25-13-15-32-28-21(25)12-14-31-28)33-29(36)22-17-34(19-6-2-1-3-7-19)24-9-5-4-8-20(24)27(22)35/h1-17H,(H,31,32)(H,33,36). The number of hydrogen-bond acceptors (Lipinski definition) is 4. The van der Waals surface area contributed by atoms with Crippen LogP contribution in [0.25, 0.3) is 27.6 Å². The van der Waals surface area contributed by atoms with Crippen molar-refractivity contribution in [3.8, 4) is 17.2 Å². The number of pyridine rings is 2. The average Bonchev–Trinajstić information content (AvgIpc) is 3.41. The van der Waals surface area contributed by atoms with E-state index >= 15 is 0 Å². The van der Waals surface area contributed by atoms with Gasteiger partial charge in [-0.3, -0.25) is 9.59 Å². The number of H-pyrrole nitrogens is 1. The van der Waals surface area contributed by atoms with Crippen molar-refractivity contribution in [2.75, 3.05) is 5.32 Å². The Morgan fingerprint density at radius 1 is 0.919 bits per heavy atom. The molecule has 0 atom stereocenters. The Balaban J connectivity index is 1.32. The zero-order valence-electron chi connectivity index (χ0n) is 19.3. The second kappa shape index (κ2) is 9.09. The molecule has 180 valence electrons. The molecule has 6 rings (SSSR count). The number of halogens is 1. The molecule has 3 aromatic carbocycles. The van der Waals surface area contributed by atoms with Crippen LogP contribution in [0, 0.1) is 5.82 Å². The Hall–Kier alpha value is -5.24. The van der Waals surface area contributed by atoms with Crippen LogP contribution in [-0.2, 0) is 0 Å². The zero-order chi connectivity index (χ0) is 25.4. The van der Waals surface area contributed by atoms with Gasteiger partial charge in [-0.05, 0) is 48.5 Å². The SMILES string of the molecule is O=C(Nc1ccc(Oc2ccnc3[nH]ccc23)c(F)c1)c1cn(-c2ccccc2)c2ccccc2c1=O. The number of amides is 1. The molecular weight excluding hydrogens is 471 g/mol. The average molecular weight is 490 g/mol. The van der Waals surface area contributed by atoms with E-state index in [-0.39, 0.29) is 17.0 Å². The predicted molar refractivity (Wildman–Crippen MR) is 140 cm³/mol. The smallest absolute Gasteiger partial charge is 0.261 e. The molecule has 0 aliphatic carbocycles. The minimum atomic E-state index is -0.668. The minimum Gasteiger partial charge on any atom is -0.453 e. The minimum absolute atomic E-state index is 0.0103. The summed E-state index contributed by atoms with van der Waals surface area (Å²) in [7, 11) is 0. The van der Waals surface area contributed by atoms with Gasteiger partial charge in [0.15, 0.2) is 11.6 Å². The first-order valence-corrected chi connectivity index (χ1v) is 11.5. The Morgan fingerprint density at radius 3 is 2.57 bits per heavy atom. The van der Waals surface area contributed by atoms with Gasteiger partial charge in [0.1, 0.15) is 17.0 Å². The van der Waals surface area contributed by atoms with Gasteiger partial charge in [-0.1, -0.05) is 30.3 Å². The maximum absolute atomic E-state index is 14.9. The van der Waals surface area contributed by atoms with Crippen LogP contribution in [0.1, 0.15) is 10.4 Å². The number of carbonyl (C=O) groups excluding carboxylic acids is 1. The number of aromatic nitrogens is 3. The van der Waals surface area contributed by atoms with Crippen LogP contribution in [0.3, 0.4) is 0 Å². The van der Waals surface area contributed by atoms with Crippen molar-refractivity contribution >= 4 is 33.5 Å². The van der Waals surface area contributed by atoms with Crippen LogP contribution in [0.5, 0.6) is 11.5 Å². The molecule has 0 saturated heterocycles. The van der Waals surface area contributed by atoms with E-state index in [1.807, 2.05) is 42.5 Å². The van der Waals surface area contributed by atoms with Crippen molar-refractivity contribution in [2.45, 2.75) is 0 Å². The van der Waals surface area contributed by atoms with Gasteiger partial charge in [-0.2, -0.15) is 0 Å². The van der Waals surface area contributed by atoms with Gasteiger partial charge in [0, 0.05) is 41.4 Å². The van der Waals surface area contributed by atoms with Gasteiger partial charge in [0.25, 0.3) is 5.91 Å². The first-order valence-electron chi connectivity index (χ1n) is 11.5. The Morgan fingerprint density at radius 2 is 1.73 bits per heavy atom. The molecule has 3 heterocycles. The molecule has 0 aliphatic heterocycles. The lowest BCUT2D eigenvalue weighted by atomic mass is 10.1. The number of fused-ring (bicyclic) bond motifs is 2. The van der Waals surface area contributed by atoms with Gasteiger partial charge < -0.3 is 19.6 Å². The molecule has 0 spiro atoms. The molecule has 0 radical (unpaired) electrons. The van der Waals surface area contributed by atoms with E-state index in [4.69, 9.17) is 4.74 Å². The van der Waals surface area contributed by atoms with Crippen LogP contribution in [0.4, 0.5) is 10.1 Å². The first kappa shape index (κ1) is 22.2. The molecule has 8 heteroatoms. The summed E-state index contributed by atoms with van der Waals surface area (Å²) in [5.41, 5.74) is 1.82. The third kappa shape index (κ3) is 4.10. The number of rotatable bonds is 5. The van der Waals surface area contributed by atoms with Crippen LogP contribution < -0.4 is 15.5 Å². The number of nitrogens with zero attached hydrogens (tertiary/aromatic N) is 2. The van der Waals surface area contributed by atoms with Gasteiger partial charge >= 0.3 is 0 Å². The normalized spacial score (nSPS) is 11.1. The largest absolute Gasteiger partial charge is 0.453 e. The van der Waals surface area contributed by atoms with Crippen molar-refractivity contribution in [1.29, 1.82) is 0 Å². The van der Waals surface area contributed by atoms with E-state index in [0.29, 0.717) is 27.7 Å². The Labute approximate surface area is 209 Å². The summed E-state index contributed by atoms with van der Waals surface area (Å²) in [6.45, 7) is 0. The summed E-state index contributed by atoms with van der Waals surface area (Å²) in [5.74, 6) is -0.876. The van der Waals surface area contributed by atoms with Gasteiger partial charge in [-0.25, -0.2) is 9.37 Å². The quantitative estimate of drug-likeness (QED) is 0.308. The van der Waals surface area contributed by atoms with E-state index in [1.54, 1.807) is 41.2 Å². The summed E-state index contributed by atoms with van der Waals surface area (Å²) in [5, 5.41) is 3.76. The predicted octanol–water partition coefficient (Wildman–Crippen LogP) is 6.05. The highest BCUT2D eigenvalue weighted by molar-refractivity contribution is 6.06. The fourth-order valence-corrected chi connectivity index (χ4v) is 4.24. The van der Waals surface area contributed by atoms with Gasteiger partial charge in [0.05, 0.1) is 10.9 Å². The van der Waals surface area contributed by atoms with E-state index in [0.717, 1.165) is 11.8 Å². The molecule has 1 amide bonds. The number of hydrogen-bond donors (Lipinski definition) is 2. The molecule has 0 fully saturated rings. The van der Waals surface area contributed by atoms with Crippen LogP contribution in [-0.4, -0.2) is 20.4 Å². The lowest BCUT2D eigenvalue weighted by Gasteiger charge is -2.14. The lowest BCUT2D eigenvalue weighted by Crippen LogP contribution is -2.23. The number of nitrogens with one attached hydrogen (secondary N) is 2. The summed E-state index contributed by atoms with van der Waals surface area (Å²) in [4.78, 5) is 33.5. The van der Waals surface area contributed by atoms with Crippen molar-refractivity contribution in [3.05, 3.63) is 125 Å². The second-order valence-corrected chi connectivity index (χ2v) is 8.35. The van der Waals surface area contributed by atoms with E-state index in [9.17, 15) is 14.0 Å². The van der Waals surface area contributed by atoms with E-state index in [1.165, 1.54) is 18.3 Å². The third-order valence-corrected chi connectivity index (χ3v) is 6.02. The maximum Gasteiger partial charge on any atom is 0.261 e. The van der Waals surface area contributed by atoms with Crippen LogP contribution >= 0.6 is 0 Å². The van der Waals surface area contributed by atoms with E-state index < -0.39 is 17.2 Å². The Kier molecular flexibility index (Phi) is 5.46. The van der Waals surface area contributed by atoms with Crippen molar-refractivity contribution < 1.29 is 13.9 Å². The highest BCUT2D eigenvalue weighted by Crippen LogP contribution is 2.31. The van der Waals surface area contributed by atoms with E-state index in [2.05, 4.69) is 15.3 Å². The monoisotopic (exact) mass is 490 g/mol. The van der Waals surface area contributed by atoms with Crippen LogP contribution in [0.2, 0.25) is 0 Å². The molecule has 6 aromatic rings. The molecule has 0 aliphatic rings. The fourth-order valence-electron chi connectivity index (χ4n) is 4.24. The number of para-hydroxylation sites is 2. The second-order valence-electron chi connectivity index (χ2n) is 8.35. The number of benzene rings is 3. The highest BCUT2D eigenvalue weighted by Gasteiger charge is 2.17. The maximum atomic E-state index is 14.9. The molecule has 0 saturated carbocycles. The van der Waals surface area contributed by atoms with Gasteiger partial charge in [0.2, 0.25) is 5.43 Å². The summed E-state index contributed by atoms with van der Waals surface area (Å²) in [6, 6.07) is 24.0. The highest BCUT2D eigenvalue weighted by atomic mass is 19.1. The zero-order valence-corrected chi connectivity index (χ0v) is 19.3. The third-order valence-electron chi connectivity index (χ3n) is 6.02. The number of ether oxygens (including phenoxy) is 1. The molecule has 0 bridgehead atoms. The molecule has 0 unspecified atom stereocenters. The number of aromatic amines is 1. The topological polar surface area (TPSA) is 89.0 Å². The summed E-state index contributed by atoms with van der Waals surface area (Å²) in [6.07, 6.45) is 4.79. The summed E-state index contributed by atoms with van der Waals surface area (Å²) < 4.78 is 22.5. The Bertz CT molecular complexity index is 1840. The van der Waals surface area contributed by atoms with Gasteiger partial charge in [-0.15, -0.1) is 0 Å². The molecule has 7 nitrogen and oxygen atoms in total. The number of anilines is 1. The summed E-state index contributed by atoms with van der Waals surface area (Å²) >= 11 is 0. The molecule has 3 aromatic heterocycles. The first-order chi connectivity index (χ1) is 18.1. The lowest BCUT2D eigenvalue weighted by molar-refractivity contribution is 0.102.